The monoisotopic (exact) mass is 1020 g/mol. The Morgan fingerprint density at radius 2 is 1.49 bits per heavy atom. The summed E-state index contributed by atoms with van der Waals surface area (Å²) >= 11 is 0. The number of aryl methyl sites for hydroxylation is 2. The number of anilines is 4. The predicted molar refractivity (Wildman–Crippen MR) is 278 cm³/mol. The number of benzene rings is 1. The molecule has 10 rings (SSSR count). The van der Waals surface area contributed by atoms with E-state index in [-0.39, 0.29) is 60.4 Å². The van der Waals surface area contributed by atoms with Gasteiger partial charge in [0, 0.05) is 127 Å². The lowest BCUT2D eigenvalue weighted by Crippen LogP contribution is -2.54. The van der Waals surface area contributed by atoms with Crippen LogP contribution in [0.4, 0.5) is 23.1 Å². The minimum absolute atomic E-state index is 0.000142. The van der Waals surface area contributed by atoms with Gasteiger partial charge >= 0.3 is 5.97 Å². The summed E-state index contributed by atoms with van der Waals surface area (Å²) in [7, 11) is 1.84. The van der Waals surface area contributed by atoms with Crippen LogP contribution in [-0.2, 0) is 37.5 Å². The highest BCUT2D eigenvalue weighted by molar-refractivity contribution is 6.05. The number of piperazine rings is 2. The molecule has 6 fully saturated rings. The molecule has 20 nitrogen and oxygen atoms in total. The van der Waals surface area contributed by atoms with Crippen molar-refractivity contribution in [3.05, 3.63) is 53.0 Å². The first-order chi connectivity index (χ1) is 35.9. The second-order valence-corrected chi connectivity index (χ2v) is 21.8. The molecular formula is C54H75N13O7. The number of aromatic nitrogens is 4. The molecule has 0 radical (unpaired) electrons. The molecule has 3 aromatic rings. The molecule has 0 bridgehead atoms. The Bertz CT molecular complexity index is 2550. The topological polar surface area (TPSA) is 211 Å². The van der Waals surface area contributed by atoms with E-state index in [1.54, 1.807) is 29.6 Å². The first-order valence-electron chi connectivity index (χ1n) is 27.5. The molecule has 1 aromatic carbocycles. The summed E-state index contributed by atoms with van der Waals surface area (Å²) in [4.78, 5) is 101. The Morgan fingerprint density at radius 1 is 0.797 bits per heavy atom. The largest absolute Gasteiger partial charge is 0.462 e. The van der Waals surface area contributed by atoms with E-state index >= 15 is 0 Å². The van der Waals surface area contributed by atoms with E-state index in [2.05, 4.69) is 56.6 Å². The number of nitrogens with zero attached hydrogens (tertiary/aromatic N) is 10. The van der Waals surface area contributed by atoms with Gasteiger partial charge < -0.3 is 35.0 Å². The first kappa shape index (κ1) is 51.3. The normalized spacial score (nSPS) is 25.4. The van der Waals surface area contributed by atoms with Crippen molar-refractivity contribution in [2.75, 3.05) is 94.1 Å². The highest BCUT2D eigenvalue weighted by Crippen LogP contribution is 2.35. The fraction of sp³-hybridized carbons (Fsp3) is 0.648. The summed E-state index contributed by atoms with van der Waals surface area (Å²) < 4.78 is 7.09. The van der Waals surface area contributed by atoms with E-state index in [4.69, 9.17) is 9.72 Å². The number of hydrogen-bond donors (Lipinski definition) is 3. The average molecular weight is 1020 g/mol. The number of esters is 1. The number of nitrogens with one attached hydrogen (secondary N) is 3. The second kappa shape index (κ2) is 22.8. The van der Waals surface area contributed by atoms with Crippen molar-refractivity contribution in [1.29, 1.82) is 0 Å². The SMILES string of the molecule is CCOC(=O)c1c(C)nc(Nc2cnn(C)c2)nc1NC1CCC(N2CCN(C(=O)C3CCC(C(=O)N4CCC(CCN5CCN(c6ccc7c(c6)C(=O)N(C6CCC(=O)NC6=O)C7)CC5)CC4)CC3)CC2)CC1. The summed E-state index contributed by atoms with van der Waals surface area (Å²) in [6.45, 7) is 13.8. The van der Waals surface area contributed by atoms with Crippen molar-refractivity contribution < 1.29 is 33.5 Å². The molecular weight excluding hydrogens is 943 g/mol. The molecule has 20 heteroatoms. The van der Waals surface area contributed by atoms with Crippen LogP contribution in [-0.4, -0.2) is 176 Å². The highest BCUT2D eigenvalue weighted by Gasteiger charge is 2.40. The fourth-order valence-corrected chi connectivity index (χ4v) is 12.8. The molecule has 2 aliphatic carbocycles. The molecule has 2 saturated carbocycles. The molecule has 5 aliphatic heterocycles. The van der Waals surface area contributed by atoms with Crippen molar-refractivity contribution >= 4 is 58.6 Å². The summed E-state index contributed by atoms with van der Waals surface area (Å²) in [6.07, 6.45) is 14.4. The van der Waals surface area contributed by atoms with Crippen LogP contribution in [0.1, 0.15) is 122 Å². The standard InChI is InChI=1S/C54H75N13O7/c1-4-74-53(73)47-35(2)56-54(58-41-32-55-61(3)34-41)60-48(47)57-40-10-13-42(14-11-40)63-27-29-66(30-28-63)51(71)38-7-5-37(6-8-38)50(70)65-21-18-36(19-22-65)17-20-62-23-25-64(26-24-62)43-12-9-39-33-67(52(72)44(39)31-43)45-15-16-46(68)59-49(45)69/h9,12,31-32,34,36-38,40,42,45H,4-8,10-11,13-30,33H2,1-3H3,(H,59,68,69)(H2,56,57,58,60). The smallest absolute Gasteiger partial charge is 0.343 e. The van der Waals surface area contributed by atoms with Gasteiger partial charge in [-0.1, -0.05) is 6.07 Å². The summed E-state index contributed by atoms with van der Waals surface area (Å²) in [5.41, 5.74) is 4.26. The van der Waals surface area contributed by atoms with Crippen molar-refractivity contribution in [2.45, 2.75) is 122 Å². The van der Waals surface area contributed by atoms with Crippen LogP contribution >= 0.6 is 0 Å². The Labute approximate surface area is 434 Å². The molecule has 74 heavy (non-hydrogen) atoms. The third kappa shape index (κ3) is 11.5. The van der Waals surface area contributed by atoms with Crippen molar-refractivity contribution in [2.24, 2.45) is 24.8 Å². The number of carbonyl (C=O) groups is 6. The van der Waals surface area contributed by atoms with Gasteiger partial charge in [-0.15, -0.1) is 0 Å². The maximum Gasteiger partial charge on any atom is 0.343 e. The van der Waals surface area contributed by atoms with Gasteiger partial charge in [0.15, 0.2) is 0 Å². The zero-order chi connectivity index (χ0) is 51.5. The van der Waals surface area contributed by atoms with E-state index in [1.165, 1.54) is 0 Å². The lowest BCUT2D eigenvalue weighted by molar-refractivity contribution is -0.143. The molecule has 7 aliphatic rings. The molecule has 1 unspecified atom stereocenters. The number of ether oxygens (including phenoxy) is 1. The van der Waals surface area contributed by atoms with Crippen LogP contribution in [0.15, 0.2) is 30.6 Å². The van der Waals surface area contributed by atoms with Crippen LogP contribution in [0.5, 0.6) is 0 Å². The Hall–Kier alpha value is -6.15. The van der Waals surface area contributed by atoms with Gasteiger partial charge in [0.05, 0.1) is 24.2 Å². The van der Waals surface area contributed by atoms with Crippen LogP contribution in [0.3, 0.4) is 0 Å². The molecule has 398 valence electrons. The van der Waals surface area contributed by atoms with Gasteiger partial charge in [-0.25, -0.2) is 9.78 Å². The summed E-state index contributed by atoms with van der Waals surface area (Å²) in [6, 6.07) is 6.06. The minimum atomic E-state index is -0.607. The second-order valence-electron chi connectivity index (χ2n) is 21.8. The molecule has 7 heterocycles. The van der Waals surface area contributed by atoms with E-state index in [0.29, 0.717) is 53.5 Å². The molecule has 1 atom stereocenters. The average Bonchev–Trinajstić information content (AvgIpc) is 3.98. The summed E-state index contributed by atoms with van der Waals surface area (Å²) in [5, 5.41) is 13.4. The van der Waals surface area contributed by atoms with Crippen LogP contribution in [0, 0.1) is 24.7 Å². The third-order valence-corrected chi connectivity index (χ3v) is 17.2. The van der Waals surface area contributed by atoms with E-state index in [0.717, 1.165) is 160 Å². The zero-order valence-electron chi connectivity index (χ0n) is 43.6. The van der Waals surface area contributed by atoms with Crippen molar-refractivity contribution in [3.63, 3.8) is 0 Å². The number of piperidine rings is 2. The van der Waals surface area contributed by atoms with E-state index in [1.807, 2.05) is 25.4 Å². The lowest BCUT2D eigenvalue weighted by atomic mass is 9.80. The maximum atomic E-state index is 13.8. The van der Waals surface area contributed by atoms with Crippen LogP contribution in [0.25, 0.3) is 0 Å². The molecule has 3 N–H and O–H groups in total. The number of amides is 5. The quantitative estimate of drug-likeness (QED) is 0.152. The zero-order valence-corrected chi connectivity index (χ0v) is 43.6. The maximum absolute atomic E-state index is 13.8. The van der Waals surface area contributed by atoms with Crippen molar-refractivity contribution in [1.82, 2.24) is 49.6 Å². The van der Waals surface area contributed by atoms with Gasteiger partial charge in [-0.3, -0.25) is 43.8 Å². The summed E-state index contributed by atoms with van der Waals surface area (Å²) in [5.74, 6) is 0.795. The first-order valence-corrected chi connectivity index (χ1v) is 27.5. The molecule has 2 aromatic heterocycles. The van der Waals surface area contributed by atoms with E-state index < -0.39 is 12.0 Å². The van der Waals surface area contributed by atoms with Gasteiger partial charge in [0.1, 0.15) is 17.4 Å². The van der Waals surface area contributed by atoms with Gasteiger partial charge in [0.2, 0.25) is 29.6 Å². The number of hydrogen-bond acceptors (Lipinski definition) is 15. The van der Waals surface area contributed by atoms with Gasteiger partial charge in [-0.2, -0.15) is 10.1 Å². The molecule has 5 amide bonds. The van der Waals surface area contributed by atoms with Gasteiger partial charge in [-0.05, 0) is 121 Å². The molecule has 0 spiro atoms. The highest BCUT2D eigenvalue weighted by atomic mass is 16.5. The Balaban J connectivity index is 0.604. The number of rotatable bonds is 14. The number of carbonyl (C=O) groups excluding carboxylic acids is 6. The fourth-order valence-electron chi connectivity index (χ4n) is 12.8. The lowest BCUT2D eigenvalue weighted by Gasteiger charge is -2.43. The number of likely N-dealkylation sites (tertiary alicyclic amines) is 1. The van der Waals surface area contributed by atoms with Crippen LogP contribution in [0.2, 0.25) is 0 Å². The van der Waals surface area contributed by atoms with Gasteiger partial charge in [0.25, 0.3) is 5.91 Å². The number of fused-ring (bicyclic) bond motifs is 1. The minimum Gasteiger partial charge on any atom is -0.462 e. The Morgan fingerprint density at radius 3 is 2.14 bits per heavy atom. The molecule has 4 saturated heterocycles. The van der Waals surface area contributed by atoms with E-state index in [9.17, 15) is 28.8 Å². The van der Waals surface area contributed by atoms with Crippen molar-refractivity contribution in [3.8, 4) is 0 Å². The predicted octanol–water partition coefficient (Wildman–Crippen LogP) is 4.32. The number of imide groups is 1. The Kier molecular flexibility index (Phi) is 15.8. The van der Waals surface area contributed by atoms with Crippen LogP contribution < -0.4 is 20.9 Å². The third-order valence-electron chi connectivity index (χ3n) is 17.2.